The van der Waals surface area contributed by atoms with Crippen LogP contribution in [0.2, 0.25) is 0 Å². The first-order chi connectivity index (χ1) is 16.0. The Bertz CT molecular complexity index is 1280. The molecule has 33 heavy (non-hydrogen) atoms. The number of aromatic nitrogens is 5. The van der Waals surface area contributed by atoms with Gasteiger partial charge in [-0.05, 0) is 37.5 Å². The third-order valence-electron chi connectivity index (χ3n) is 6.60. The monoisotopic (exact) mass is 442 g/mol. The molecule has 0 radical (unpaired) electrons. The summed E-state index contributed by atoms with van der Waals surface area (Å²) in [4.78, 5) is 14.2. The Balaban J connectivity index is 1.44. The normalized spacial score (nSPS) is 15.5. The minimum absolute atomic E-state index is 0.0655. The molecule has 0 amide bonds. The standard InChI is InChI=1S/C26H30N6O/c1-26(10-5-4-6-11-26)31-25-24-20(9-12-27-25)15-28-23(30-24)14-19-8-7-18(13-22(19)33-3)21-16-29-32(2)17-21/h7-9,12-13,15-17H,4-6,10-11,14H2,1-3H3,(H,27,31). The highest BCUT2D eigenvalue weighted by Gasteiger charge is 2.27. The minimum atomic E-state index is 0.0655. The van der Waals surface area contributed by atoms with Crippen molar-refractivity contribution in [3.63, 3.8) is 0 Å². The van der Waals surface area contributed by atoms with Gasteiger partial charge in [-0.25, -0.2) is 15.0 Å². The summed E-state index contributed by atoms with van der Waals surface area (Å²) in [6.07, 6.45) is 14.3. The molecular weight excluding hydrogens is 412 g/mol. The van der Waals surface area contributed by atoms with Gasteiger partial charge in [0, 0.05) is 54.1 Å². The van der Waals surface area contributed by atoms with Crippen LogP contribution in [0.1, 0.15) is 50.4 Å². The van der Waals surface area contributed by atoms with Gasteiger partial charge in [0.2, 0.25) is 0 Å². The largest absolute Gasteiger partial charge is 0.496 e. The number of rotatable bonds is 6. The van der Waals surface area contributed by atoms with E-state index in [1.54, 1.807) is 11.8 Å². The molecule has 1 aliphatic rings. The predicted octanol–water partition coefficient (Wildman–Crippen LogP) is 5.16. The number of methoxy groups -OCH3 is 1. The van der Waals surface area contributed by atoms with Gasteiger partial charge in [-0.15, -0.1) is 0 Å². The quantitative estimate of drug-likeness (QED) is 0.444. The molecule has 0 saturated heterocycles. The highest BCUT2D eigenvalue weighted by Crippen LogP contribution is 2.33. The molecule has 170 valence electrons. The van der Waals surface area contributed by atoms with Gasteiger partial charge in [-0.2, -0.15) is 5.10 Å². The Morgan fingerprint density at radius 2 is 1.91 bits per heavy atom. The average molecular weight is 443 g/mol. The van der Waals surface area contributed by atoms with E-state index in [4.69, 9.17) is 9.72 Å². The topological polar surface area (TPSA) is 77.8 Å². The molecule has 1 aliphatic carbocycles. The molecular formula is C26H30N6O. The first-order valence-corrected chi connectivity index (χ1v) is 11.6. The SMILES string of the molecule is COc1cc(-c2cnn(C)c2)ccc1Cc1ncc2ccnc(NC3(C)CCCCC3)c2n1. The van der Waals surface area contributed by atoms with Crippen molar-refractivity contribution in [2.75, 3.05) is 12.4 Å². The Hall–Kier alpha value is -3.48. The Morgan fingerprint density at radius 1 is 1.06 bits per heavy atom. The maximum Gasteiger partial charge on any atom is 0.153 e. The smallest absolute Gasteiger partial charge is 0.153 e. The van der Waals surface area contributed by atoms with Crippen LogP contribution in [0.15, 0.2) is 49.1 Å². The number of aryl methyl sites for hydroxylation is 1. The van der Waals surface area contributed by atoms with Crippen molar-refractivity contribution in [3.05, 3.63) is 60.4 Å². The third kappa shape index (κ3) is 4.53. The summed E-state index contributed by atoms with van der Waals surface area (Å²) in [5, 5.41) is 8.97. The molecule has 1 aromatic carbocycles. The van der Waals surface area contributed by atoms with E-state index in [2.05, 4.69) is 39.4 Å². The van der Waals surface area contributed by atoms with Crippen LogP contribution < -0.4 is 10.1 Å². The van der Waals surface area contributed by atoms with Crippen molar-refractivity contribution >= 4 is 16.7 Å². The molecule has 0 bridgehead atoms. The van der Waals surface area contributed by atoms with Crippen LogP contribution >= 0.6 is 0 Å². The van der Waals surface area contributed by atoms with Gasteiger partial charge in [0.1, 0.15) is 17.1 Å². The molecule has 1 fully saturated rings. The van der Waals surface area contributed by atoms with Gasteiger partial charge < -0.3 is 10.1 Å². The summed E-state index contributed by atoms with van der Waals surface area (Å²) >= 11 is 0. The maximum absolute atomic E-state index is 5.70. The van der Waals surface area contributed by atoms with Crippen molar-refractivity contribution in [1.82, 2.24) is 24.7 Å². The van der Waals surface area contributed by atoms with Crippen molar-refractivity contribution in [2.45, 2.75) is 51.0 Å². The maximum atomic E-state index is 5.70. The first kappa shape index (κ1) is 21.4. The van der Waals surface area contributed by atoms with Gasteiger partial charge in [-0.1, -0.05) is 31.4 Å². The molecule has 7 nitrogen and oxygen atoms in total. The summed E-state index contributed by atoms with van der Waals surface area (Å²) in [5.74, 6) is 2.42. The number of ether oxygens (including phenoxy) is 1. The van der Waals surface area contributed by atoms with E-state index in [0.717, 1.165) is 57.8 Å². The Labute approximate surface area is 194 Å². The minimum Gasteiger partial charge on any atom is -0.496 e. The van der Waals surface area contributed by atoms with Crippen LogP contribution in [-0.4, -0.2) is 37.4 Å². The lowest BCUT2D eigenvalue weighted by Crippen LogP contribution is -2.37. The van der Waals surface area contributed by atoms with Crippen LogP contribution in [0.3, 0.4) is 0 Å². The highest BCUT2D eigenvalue weighted by molar-refractivity contribution is 5.87. The van der Waals surface area contributed by atoms with Crippen molar-refractivity contribution in [1.29, 1.82) is 0 Å². The number of benzene rings is 1. The lowest BCUT2D eigenvalue weighted by atomic mass is 9.83. The molecule has 3 aromatic heterocycles. The van der Waals surface area contributed by atoms with Crippen LogP contribution in [-0.2, 0) is 13.5 Å². The molecule has 0 unspecified atom stereocenters. The van der Waals surface area contributed by atoms with Gasteiger partial charge in [0.25, 0.3) is 0 Å². The number of nitrogens with one attached hydrogen (secondary N) is 1. The second-order valence-electron chi connectivity index (χ2n) is 9.24. The molecule has 7 heteroatoms. The summed E-state index contributed by atoms with van der Waals surface area (Å²) in [6, 6.07) is 8.19. The van der Waals surface area contributed by atoms with E-state index < -0.39 is 0 Å². The van der Waals surface area contributed by atoms with Crippen molar-refractivity contribution in [2.24, 2.45) is 7.05 Å². The highest BCUT2D eigenvalue weighted by atomic mass is 16.5. The fourth-order valence-electron chi connectivity index (χ4n) is 4.72. The van der Waals surface area contributed by atoms with Gasteiger partial charge in [0.05, 0.1) is 13.3 Å². The zero-order chi connectivity index (χ0) is 22.8. The molecule has 1 N–H and O–H groups in total. The number of nitrogens with zero attached hydrogens (tertiary/aromatic N) is 5. The molecule has 0 spiro atoms. The number of hydrogen-bond donors (Lipinski definition) is 1. The summed E-state index contributed by atoms with van der Waals surface area (Å²) in [7, 11) is 3.61. The first-order valence-electron chi connectivity index (χ1n) is 11.6. The fraction of sp³-hybridized carbons (Fsp3) is 0.385. The predicted molar refractivity (Wildman–Crippen MR) is 130 cm³/mol. The average Bonchev–Trinajstić information content (AvgIpc) is 3.26. The molecule has 0 atom stereocenters. The van der Waals surface area contributed by atoms with Gasteiger partial charge in [-0.3, -0.25) is 4.68 Å². The molecule has 3 heterocycles. The van der Waals surface area contributed by atoms with E-state index in [1.165, 1.54) is 19.3 Å². The van der Waals surface area contributed by atoms with Crippen LogP contribution in [0.25, 0.3) is 22.0 Å². The van der Waals surface area contributed by atoms with Gasteiger partial charge >= 0.3 is 0 Å². The number of anilines is 1. The van der Waals surface area contributed by atoms with Gasteiger partial charge in [0.15, 0.2) is 5.82 Å². The molecule has 1 saturated carbocycles. The zero-order valence-electron chi connectivity index (χ0n) is 19.5. The zero-order valence-corrected chi connectivity index (χ0v) is 19.5. The number of pyridine rings is 1. The summed E-state index contributed by atoms with van der Waals surface area (Å²) < 4.78 is 7.50. The lowest BCUT2D eigenvalue weighted by molar-refractivity contribution is 0.349. The fourth-order valence-corrected chi connectivity index (χ4v) is 4.72. The lowest BCUT2D eigenvalue weighted by Gasteiger charge is -2.35. The summed E-state index contributed by atoms with van der Waals surface area (Å²) in [5.41, 5.74) is 4.11. The van der Waals surface area contributed by atoms with E-state index in [1.807, 2.05) is 44.0 Å². The van der Waals surface area contributed by atoms with Crippen LogP contribution in [0, 0.1) is 0 Å². The van der Waals surface area contributed by atoms with E-state index >= 15 is 0 Å². The molecule has 5 rings (SSSR count). The second kappa shape index (κ2) is 8.81. The molecule has 0 aliphatic heterocycles. The van der Waals surface area contributed by atoms with Crippen LogP contribution in [0.5, 0.6) is 5.75 Å². The Morgan fingerprint density at radius 3 is 2.67 bits per heavy atom. The van der Waals surface area contributed by atoms with Crippen molar-refractivity contribution < 1.29 is 4.74 Å². The van der Waals surface area contributed by atoms with E-state index in [-0.39, 0.29) is 5.54 Å². The van der Waals surface area contributed by atoms with Crippen molar-refractivity contribution in [3.8, 4) is 16.9 Å². The van der Waals surface area contributed by atoms with E-state index in [9.17, 15) is 0 Å². The number of hydrogen-bond acceptors (Lipinski definition) is 6. The van der Waals surface area contributed by atoms with E-state index in [0.29, 0.717) is 6.42 Å². The molecule has 4 aromatic rings. The third-order valence-corrected chi connectivity index (χ3v) is 6.60. The Kier molecular flexibility index (Phi) is 5.70. The summed E-state index contributed by atoms with van der Waals surface area (Å²) in [6.45, 7) is 2.30. The second-order valence-corrected chi connectivity index (χ2v) is 9.24. The number of fused-ring (bicyclic) bond motifs is 1. The van der Waals surface area contributed by atoms with Crippen LogP contribution in [0.4, 0.5) is 5.82 Å².